The summed E-state index contributed by atoms with van der Waals surface area (Å²) in [4.78, 5) is 18.7. The predicted octanol–water partition coefficient (Wildman–Crippen LogP) is 2.42. The van der Waals surface area contributed by atoms with Gasteiger partial charge in [0.1, 0.15) is 22.9 Å². The first-order valence-corrected chi connectivity index (χ1v) is 8.20. The molecule has 1 heterocycles. The van der Waals surface area contributed by atoms with Crippen molar-refractivity contribution in [3.8, 4) is 0 Å². The zero-order chi connectivity index (χ0) is 18.0. The number of aliphatic hydroxyl groups is 2. The van der Waals surface area contributed by atoms with Gasteiger partial charge < -0.3 is 15.5 Å². The number of hydrogen-bond acceptors (Lipinski definition) is 7. The van der Waals surface area contributed by atoms with Crippen molar-refractivity contribution < 1.29 is 15.1 Å². The Balaban J connectivity index is 1.76. The van der Waals surface area contributed by atoms with Crippen LogP contribution in [-0.4, -0.2) is 37.8 Å². The summed E-state index contributed by atoms with van der Waals surface area (Å²) < 4.78 is 0. The highest BCUT2D eigenvalue weighted by molar-refractivity contribution is 6.29. The predicted molar refractivity (Wildman–Crippen MR) is 91.6 cm³/mol. The quantitative estimate of drug-likeness (QED) is 0.392. The molecule has 0 spiro atoms. The van der Waals surface area contributed by atoms with E-state index in [0.29, 0.717) is 28.3 Å². The molecule has 1 aliphatic carbocycles. The highest BCUT2D eigenvalue weighted by Crippen LogP contribution is 2.39. The Bertz CT molecular complexity index is 767. The first-order valence-electron chi connectivity index (χ1n) is 7.82. The SMILES string of the molecule is O=[N+]([O-])c1ccc(C(O)C(CO)Nc2cc(Cl)nc(C3CC3)n2)cc1. The van der Waals surface area contributed by atoms with E-state index in [2.05, 4.69) is 15.3 Å². The minimum Gasteiger partial charge on any atom is -0.394 e. The van der Waals surface area contributed by atoms with E-state index in [4.69, 9.17) is 11.6 Å². The second-order valence-electron chi connectivity index (χ2n) is 5.94. The molecule has 1 fully saturated rings. The van der Waals surface area contributed by atoms with Crippen LogP contribution in [0.4, 0.5) is 11.5 Å². The molecule has 0 amide bonds. The van der Waals surface area contributed by atoms with E-state index in [0.717, 1.165) is 12.8 Å². The highest BCUT2D eigenvalue weighted by Gasteiger charge is 2.28. The summed E-state index contributed by atoms with van der Waals surface area (Å²) in [7, 11) is 0. The van der Waals surface area contributed by atoms with Crippen LogP contribution in [0.15, 0.2) is 30.3 Å². The lowest BCUT2D eigenvalue weighted by Gasteiger charge is -2.23. The molecule has 0 radical (unpaired) electrons. The van der Waals surface area contributed by atoms with Crippen molar-refractivity contribution in [1.29, 1.82) is 0 Å². The standard InChI is InChI=1S/C16H17ClN4O4/c17-13-7-14(20-16(19-13)10-1-2-10)18-12(8-22)15(23)9-3-5-11(6-4-9)21(24)25/h3-7,10,12,15,22-23H,1-2,8H2,(H,18,19,20). The van der Waals surface area contributed by atoms with Gasteiger partial charge in [0, 0.05) is 24.1 Å². The molecule has 132 valence electrons. The second-order valence-corrected chi connectivity index (χ2v) is 6.32. The van der Waals surface area contributed by atoms with Crippen molar-refractivity contribution in [2.24, 2.45) is 0 Å². The number of non-ortho nitro benzene ring substituents is 1. The fraction of sp³-hybridized carbons (Fsp3) is 0.375. The van der Waals surface area contributed by atoms with Crippen LogP contribution in [0.2, 0.25) is 5.15 Å². The van der Waals surface area contributed by atoms with E-state index in [-0.39, 0.29) is 12.3 Å². The first-order chi connectivity index (χ1) is 12.0. The lowest BCUT2D eigenvalue weighted by atomic mass is 10.0. The van der Waals surface area contributed by atoms with Crippen LogP contribution in [0.25, 0.3) is 0 Å². The monoisotopic (exact) mass is 364 g/mol. The molecule has 3 N–H and O–H groups in total. The molecule has 3 rings (SSSR count). The number of nitrogens with zero attached hydrogens (tertiary/aromatic N) is 3. The smallest absolute Gasteiger partial charge is 0.269 e. The molecule has 8 nitrogen and oxygen atoms in total. The summed E-state index contributed by atoms with van der Waals surface area (Å²) in [6.45, 7) is -0.363. The Hall–Kier alpha value is -2.29. The molecule has 1 aliphatic rings. The number of hydrogen-bond donors (Lipinski definition) is 3. The summed E-state index contributed by atoms with van der Waals surface area (Å²) in [5, 5.41) is 34.0. The molecule has 2 unspecified atom stereocenters. The molecule has 0 bridgehead atoms. The van der Waals surface area contributed by atoms with E-state index >= 15 is 0 Å². The summed E-state index contributed by atoms with van der Waals surface area (Å²) in [6.07, 6.45) is 0.965. The van der Waals surface area contributed by atoms with Crippen molar-refractivity contribution in [2.45, 2.75) is 30.9 Å². The van der Waals surface area contributed by atoms with Gasteiger partial charge in [-0.15, -0.1) is 0 Å². The molecule has 25 heavy (non-hydrogen) atoms. The second kappa shape index (κ2) is 7.30. The van der Waals surface area contributed by atoms with Crippen LogP contribution in [0.5, 0.6) is 0 Å². The summed E-state index contributed by atoms with van der Waals surface area (Å²) in [5.41, 5.74) is 0.376. The number of nitro groups is 1. The van der Waals surface area contributed by atoms with Gasteiger partial charge in [-0.05, 0) is 30.5 Å². The minimum absolute atomic E-state index is 0.0684. The van der Waals surface area contributed by atoms with Gasteiger partial charge >= 0.3 is 0 Å². The number of rotatable bonds is 7. The number of nitrogens with one attached hydrogen (secondary N) is 1. The van der Waals surface area contributed by atoms with Gasteiger partial charge in [-0.25, -0.2) is 9.97 Å². The van der Waals surface area contributed by atoms with Crippen molar-refractivity contribution in [3.05, 3.63) is 57.0 Å². The van der Waals surface area contributed by atoms with E-state index in [1.807, 2.05) is 0 Å². The van der Waals surface area contributed by atoms with Crippen molar-refractivity contribution in [2.75, 3.05) is 11.9 Å². The molecule has 1 saturated carbocycles. The molecular formula is C16H17ClN4O4. The molecule has 2 atom stereocenters. The van der Waals surface area contributed by atoms with Crippen LogP contribution in [0, 0.1) is 10.1 Å². The fourth-order valence-corrected chi connectivity index (χ4v) is 2.66. The van der Waals surface area contributed by atoms with Gasteiger partial charge in [-0.3, -0.25) is 10.1 Å². The molecule has 0 aliphatic heterocycles. The van der Waals surface area contributed by atoms with Crippen LogP contribution in [0.1, 0.15) is 36.3 Å². The van der Waals surface area contributed by atoms with Crippen LogP contribution < -0.4 is 5.32 Å². The number of aromatic nitrogens is 2. The minimum atomic E-state index is -1.08. The van der Waals surface area contributed by atoms with E-state index < -0.39 is 17.1 Å². The largest absolute Gasteiger partial charge is 0.394 e. The number of benzene rings is 1. The Morgan fingerprint density at radius 3 is 2.56 bits per heavy atom. The highest BCUT2D eigenvalue weighted by atomic mass is 35.5. The van der Waals surface area contributed by atoms with Crippen molar-refractivity contribution >= 4 is 23.1 Å². The van der Waals surface area contributed by atoms with Gasteiger partial charge in [-0.2, -0.15) is 0 Å². The summed E-state index contributed by atoms with van der Waals surface area (Å²) in [6, 6.07) is 6.29. The number of nitro benzene ring substituents is 1. The first kappa shape index (κ1) is 17.5. The Morgan fingerprint density at radius 1 is 1.32 bits per heavy atom. The number of halogens is 1. The summed E-state index contributed by atoms with van der Waals surface area (Å²) >= 11 is 6.01. The van der Waals surface area contributed by atoms with Gasteiger partial charge in [0.15, 0.2) is 0 Å². The average molecular weight is 365 g/mol. The van der Waals surface area contributed by atoms with Gasteiger partial charge in [0.25, 0.3) is 5.69 Å². The fourth-order valence-electron chi connectivity index (χ4n) is 2.47. The number of aliphatic hydroxyl groups excluding tert-OH is 2. The zero-order valence-corrected chi connectivity index (χ0v) is 13.9. The maximum Gasteiger partial charge on any atom is 0.269 e. The third-order valence-electron chi connectivity index (χ3n) is 4.01. The van der Waals surface area contributed by atoms with E-state index in [9.17, 15) is 20.3 Å². The molecule has 0 saturated heterocycles. The average Bonchev–Trinajstić information content (AvgIpc) is 3.44. The van der Waals surface area contributed by atoms with Gasteiger partial charge in [-0.1, -0.05) is 11.6 Å². The lowest BCUT2D eigenvalue weighted by molar-refractivity contribution is -0.384. The normalized spacial score (nSPS) is 16.3. The van der Waals surface area contributed by atoms with E-state index in [1.165, 1.54) is 30.3 Å². The summed E-state index contributed by atoms with van der Waals surface area (Å²) in [5.74, 6) is 1.38. The van der Waals surface area contributed by atoms with Crippen LogP contribution in [-0.2, 0) is 0 Å². The third kappa shape index (κ3) is 4.22. The molecular weight excluding hydrogens is 348 g/mol. The third-order valence-corrected chi connectivity index (χ3v) is 4.20. The van der Waals surface area contributed by atoms with Crippen molar-refractivity contribution in [1.82, 2.24) is 9.97 Å². The lowest BCUT2D eigenvalue weighted by Crippen LogP contribution is -2.31. The zero-order valence-electron chi connectivity index (χ0n) is 13.2. The molecule has 1 aromatic carbocycles. The van der Waals surface area contributed by atoms with E-state index in [1.54, 1.807) is 0 Å². The van der Waals surface area contributed by atoms with Gasteiger partial charge in [0.2, 0.25) is 0 Å². The van der Waals surface area contributed by atoms with Gasteiger partial charge in [0.05, 0.1) is 17.6 Å². The Kier molecular flexibility index (Phi) is 5.12. The maximum atomic E-state index is 10.7. The van der Waals surface area contributed by atoms with Crippen molar-refractivity contribution in [3.63, 3.8) is 0 Å². The molecule has 2 aromatic rings. The Labute approximate surface area is 148 Å². The topological polar surface area (TPSA) is 121 Å². The maximum absolute atomic E-state index is 10.7. The molecule has 1 aromatic heterocycles. The Morgan fingerprint density at radius 2 is 2.00 bits per heavy atom. The molecule has 9 heteroatoms. The van der Waals surface area contributed by atoms with Crippen LogP contribution in [0.3, 0.4) is 0 Å². The number of anilines is 1. The van der Waals surface area contributed by atoms with Crippen LogP contribution >= 0.6 is 11.6 Å².